The lowest BCUT2D eigenvalue weighted by molar-refractivity contribution is -0.129. The molecule has 2 aromatic rings. The molecule has 2 aromatic carbocycles. The second-order valence-electron chi connectivity index (χ2n) is 5.06. The fourth-order valence-electron chi connectivity index (χ4n) is 2.07. The normalized spacial score (nSPS) is 11.3. The Hall–Kier alpha value is -3.22. The standard InChI is InChI=1S/C18H17FN2O4/c1-2-20-18(24)21-16(22)15(12-7-4-3-5-8-12)25-17(23)13-9-6-10-14(19)11-13/h3-11,15H,2H2,1H3,(H2,20,21,22,24)/t15-/m1/s1. The smallest absolute Gasteiger partial charge is 0.339 e. The second-order valence-corrected chi connectivity index (χ2v) is 5.06. The molecule has 0 aliphatic rings. The van der Waals surface area contributed by atoms with E-state index >= 15 is 0 Å². The van der Waals surface area contributed by atoms with Gasteiger partial charge in [0.15, 0.2) is 0 Å². The van der Waals surface area contributed by atoms with Gasteiger partial charge in [-0.1, -0.05) is 36.4 Å². The number of rotatable bonds is 5. The Labute approximate surface area is 144 Å². The van der Waals surface area contributed by atoms with Crippen molar-refractivity contribution in [3.8, 4) is 0 Å². The van der Waals surface area contributed by atoms with Crippen molar-refractivity contribution in [2.24, 2.45) is 0 Å². The number of amides is 3. The monoisotopic (exact) mass is 344 g/mol. The molecule has 0 aliphatic heterocycles. The maximum atomic E-state index is 13.3. The highest BCUT2D eigenvalue weighted by molar-refractivity contribution is 5.99. The van der Waals surface area contributed by atoms with Gasteiger partial charge in [-0.3, -0.25) is 10.1 Å². The summed E-state index contributed by atoms with van der Waals surface area (Å²) in [5.74, 6) is -2.28. The number of nitrogens with one attached hydrogen (secondary N) is 2. The van der Waals surface area contributed by atoms with Gasteiger partial charge in [-0.2, -0.15) is 0 Å². The van der Waals surface area contributed by atoms with E-state index < -0.39 is 29.8 Å². The van der Waals surface area contributed by atoms with Gasteiger partial charge in [0.1, 0.15) is 5.82 Å². The molecule has 0 saturated heterocycles. The van der Waals surface area contributed by atoms with Gasteiger partial charge in [-0.15, -0.1) is 0 Å². The van der Waals surface area contributed by atoms with Crippen LogP contribution in [-0.2, 0) is 9.53 Å². The maximum Gasteiger partial charge on any atom is 0.339 e. The Kier molecular flexibility index (Phi) is 6.22. The summed E-state index contributed by atoms with van der Waals surface area (Å²) in [5.41, 5.74) is 0.348. The molecule has 0 aliphatic carbocycles. The molecular formula is C18H17FN2O4. The summed E-state index contributed by atoms with van der Waals surface area (Å²) in [6.45, 7) is 2.03. The van der Waals surface area contributed by atoms with Crippen LogP contribution in [0.4, 0.5) is 9.18 Å². The molecule has 25 heavy (non-hydrogen) atoms. The first-order chi connectivity index (χ1) is 12.0. The summed E-state index contributed by atoms with van der Waals surface area (Å²) in [7, 11) is 0. The molecule has 0 spiro atoms. The van der Waals surface area contributed by atoms with E-state index in [-0.39, 0.29) is 5.56 Å². The highest BCUT2D eigenvalue weighted by Gasteiger charge is 2.27. The molecule has 2 N–H and O–H groups in total. The summed E-state index contributed by atoms with van der Waals surface area (Å²) in [6.07, 6.45) is -1.35. The van der Waals surface area contributed by atoms with Crippen LogP contribution in [0.5, 0.6) is 0 Å². The third-order valence-electron chi connectivity index (χ3n) is 3.20. The average Bonchev–Trinajstić information content (AvgIpc) is 2.60. The highest BCUT2D eigenvalue weighted by atomic mass is 19.1. The van der Waals surface area contributed by atoms with Crippen LogP contribution in [0, 0.1) is 5.82 Å². The third-order valence-corrected chi connectivity index (χ3v) is 3.20. The number of hydrogen-bond acceptors (Lipinski definition) is 4. The average molecular weight is 344 g/mol. The van der Waals surface area contributed by atoms with Gasteiger partial charge in [0.2, 0.25) is 6.10 Å². The summed E-state index contributed by atoms with van der Waals surface area (Å²) >= 11 is 0. The lowest BCUT2D eigenvalue weighted by atomic mass is 10.1. The van der Waals surface area contributed by atoms with Gasteiger partial charge in [-0.25, -0.2) is 14.0 Å². The van der Waals surface area contributed by atoms with Crippen LogP contribution in [0.2, 0.25) is 0 Å². The molecule has 0 radical (unpaired) electrons. The zero-order valence-electron chi connectivity index (χ0n) is 13.5. The first-order valence-electron chi connectivity index (χ1n) is 7.61. The number of benzene rings is 2. The molecule has 0 fully saturated rings. The predicted molar refractivity (Wildman–Crippen MR) is 88.2 cm³/mol. The van der Waals surface area contributed by atoms with Gasteiger partial charge < -0.3 is 10.1 Å². The summed E-state index contributed by atoms with van der Waals surface area (Å²) in [5, 5.41) is 4.52. The minimum absolute atomic E-state index is 0.0354. The lowest BCUT2D eigenvalue weighted by Gasteiger charge is -2.17. The summed E-state index contributed by atoms with van der Waals surface area (Å²) in [6, 6.07) is 12.5. The van der Waals surface area contributed by atoms with E-state index in [9.17, 15) is 18.8 Å². The molecule has 3 amide bonds. The Morgan fingerprint density at radius 2 is 1.80 bits per heavy atom. The van der Waals surface area contributed by atoms with Crippen LogP contribution < -0.4 is 10.6 Å². The fraction of sp³-hybridized carbons (Fsp3) is 0.167. The number of imide groups is 1. The van der Waals surface area contributed by atoms with E-state index in [0.29, 0.717) is 12.1 Å². The van der Waals surface area contributed by atoms with Gasteiger partial charge in [0.25, 0.3) is 5.91 Å². The Bertz CT molecular complexity index is 765. The second kappa shape index (κ2) is 8.58. The molecule has 0 saturated carbocycles. The quantitative estimate of drug-likeness (QED) is 0.817. The number of esters is 1. The fourth-order valence-corrected chi connectivity index (χ4v) is 2.07. The molecule has 0 heterocycles. The minimum atomic E-state index is -1.35. The molecule has 1 atom stereocenters. The molecule has 0 bridgehead atoms. The first-order valence-corrected chi connectivity index (χ1v) is 7.61. The SMILES string of the molecule is CCNC(=O)NC(=O)[C@H](OC(=O)c1cccc(F)c1)c1ccccc1. The van der Waals surface area contributed by atoms with Gasteiger partial charge >= 0.3 is 12.0 Å². The first kappa shape index (κ1) is 18.1. The van der Waals surface area contributed by atoms with Crippen LogP contribution in [-0.4, -0.2) is 24.5 Å². The van der Waals surface area contributed by atoms with Crippen molar-refractivity contribution in [2.45, 2.75) is 13.0 Å². The molecule has 7 heteroatoms. The number of halogens is 1. The Morgan fingerprint density at radius 1 is 1.08 bits per heavy atom. The van der Waals surface area contributed by atoms with E-state index in [1.807, 2.05) is 0 Å². The van der Waals surface area contributed by atoms with Crippen molar-refractivity contribution in [3.63, 3.8) is 0 Å². The van der Waals surface area contributed by atoms with Crippen LogP contribution in [0.3, 0.4) is 0 Å². The zero-order chi connectivity index (χ0) is 18.2. The molecule has 0 aromatic heterocycles. The van der Waals surface area contributed by atoms with E-state index in [2.05, 4.69) is 10.6 Å². The van der Waals surface area contributed by atoms with E-state index in [4.69, 9.17) is 4.74 Å². The van der Waals surface area contributed by atoms with E-state index in [1.165, 1.54) is 18.2 Å². The number of urea groups is 1. The number of carbonyl (C=O) groups is 3. The van der Waals surface area contributed by atoms with Crippen molar-refractivity contribution >= 4 is 17.9 Å². The van der Waals surface area contributed by atoms with Crippen LogP contribution in [0.1, 0.15) is 28.9 Å². The van der Waals surface area contributed by atoms with E-state index in [0.717, 1.165) is 6.07 Å². The van der Waals surface area contributed by atoms with Crippen LogP contribution in [0.25, 0.3) is 0 Å². The van der Waals surface area contributed by atoms with Gasteiger partial charge in [0, 0.05) is 12.1 Å². The Balaban J connectivity index is 2.21. The lowest BCUT2D eigenvalue weighted by Crippen LogP contribution is -2.42. The van der Waals surface area contributed by atoms with Crippen molar-refractivity contribution in [3.05, 3.63) is 71.5 Å². The highest BCUT2D eigenvalue weighted by Crippen LogP contribution is 2.20. The summed E-state index contributed by atoms with van der Waals surface area (Å²) in [4.78, 5) is 36.1. The predicted octanol–water partition coefficient (Wildman–Crippen LogP) is 2.57. The number of carbonyl (C=O) groups excluding carboxylic acids is 3. The minimum Gasteiger partial charge on any atom is -0.444 e. The molecule has 130 valence electrons. The van der Waals surface area contributed by atoms with Crippen molar-refractivity contribution in [1.29, 1.82) is 0 Å². The van der Waals surface area contributed by atoms with Gasteiger partial charge in [0.05, 0.1) is 5.56 Å². The van der Waals surface area contributed by atoms with Gasteiger partial charge in [-0.05, 0) is 25.1 Å². The van der Waals surface area contributed by atoms with Crippen molar-refractivity contribution in [1.82, 2.24) is 10.6 Å². The largest absolute Gasteiger partial charge is 0.444 e. The van der Waals surface area contributed by atoms with E-state index in [1.54, 1.807) is 37.3 Å². The third kappa shape index (κ3) is 5.13. The number of ether oxygens (including phenoxy) is 1. The molecule has 0 unspecified atom stereocenters. The zero-order valence-corrected chi connectivity index (χ0v) is 13.5. The topological polar surface area (TPSA) is 84.5 Å². The van der Waals surface area contributed by atoms with Crippen LogP contribution >= 0.6 is 0 Å². The van der Waals surface area contributed by atoms with Crippen LogP contribution in [0.15, 0.2) is 54.6 Å². The Morgan fingerprint density at radius 3 is 2.44 bits per heavy atom. The number of hydrogen-bond donors (Lipinski definition) is 2. The van der Waals surface area contributed by atoms with Crippen molar-refractivity contribution < 1.29 is 23.5 Å². The molecule has 6 nitrogen and oxygen atoms in total. The van der Waals surface area contributed by atoms with Crippen molar-refractivity contribution in [2.75, 3.05) is 6.54 Å². The maximum absolute atomic E-state index is 13.3. The molecular weight excluding hydrogens is 327 g/mol. The summed E-state index contributed by atoms with van der Waals surface area (Å²) < 4.78 is 18.5. The molecule has 2 rings (SSSR count).